The molecule has 61 heavy (non-hydrogen) atoms. The standard InChI is InChI=1S/C44H68ClN9O7/c1-3-10-34(56)22-27-53(29-36(58)39(60)35(57)23-28-55)25-8-5-9-26-54(4-2)37(59)21-16-31-14-19-33(20-15-31)32-17-12-30(13-18-32)11-6-7-24-49-44(48)52-43(61)38-41(46)51-42(47)40(45)50-38/h12-15,17-20,34-36,39,55-58,60H,3-11,16,21-29H2,1-2H3,(H4,46,47,51)(H3,48,49,52,61). The van der Waals surface area contributed by atoms with Gasteiger partial charge in [0.05, 0.1) is 18.3 Å². The van der Waals surface area contributed by atoms with Crippen molar-refractivity contribution in [2.24, 2.45) is 10.7 Å². The average molecular weight is 871 g/mol. The van der Waals surface area contributed by atoms with Crippen molar-refractivity contribution < 1.29 is 35.1 Å². The van der Waals surface area contributed by atoms with Crippen LogP contribution in [0.25, 0.3) is 11.1 Å². The Morgan fingerprint density at radius 3 is 2.05 bits per heavy atom. The van der Waals surface area contributed by atoms with Crippen molar-refractivity contribution in [1.29, 1.82) is 0 Å². The number of unbranched alkanes of at least 4 members (excludes halogenated alkanes) is 3. The third kappa shape index (κ3) is 18.2. The number of guanidine groups is 1. The third-order valence-corrected chi connectivity index (χ3v) is 10.9. The molecule has 1 aromatic heterocycles. The lowest BCUT2D eigenvalue weighted by molar-refractivity contribution is -0.131. The second kappa shape index (κ2) is 27.5. The van der Waals surface area contributed by atoms with Gasteiger partial charge in [0.2, 0.25) is 5.91 Å². The fraction of sp³-hybridized carbons (Fsp3) is 0.568. The van der Waals surface area contributed by atoms with E-state index >= 15 is 0 Å². The van der Waals surface area contributed by atoms with Gasteiger partial charge < -0.3 is 52.5 Å². The summed E-state index contributed by atoms with van der Waals surface area (Å²) < 4.78 is 0. The van der Waals surface area contributed by atoms with Gasteiger partial charge in [0.15, 0.2) is 28.4 Å². The molecule has 0 aliphatic rings. The zero-order chi connectivity index (χ0) is 44.7. The summed E-state index contributed by atoms with van der Waals surface area (Å²) in [6.45, 7) is 6.78. The van der Waals surface area contributed by atoms with Crippen molar-refractivity contribution in [2.75, 3.05) is 57.3 Å². The summed E-state index contributed by atoms with van der Waals surface area (Å²) in [5, 5.41) is 52.5. The molecule has 0 saturated heterocycles. The van der Waals surface area contributed by atoms with E-state index in [1.54, 1.807) is 0 Å². The molecule has 4 unspecified atom stereocenters. The molecule has 0 bridgehead atoms. The van der Waals surface area contributed by atoms with Gasteiger partial charge in [-0.05, 0) is 93.5 Å². The number of aliphatic imine (C=N–C) groups is 1. The van der Waals surface area contributed by atoms with Crippen LogP contribution in [0.2, 0.25) is 5.15 Å². The Bertz CT molecular complexity index is 1790. The molecule has 0 aliphatic carbocycles. The zero-order valence-electron chi connectivity index (χ0n) is 35.8. The number of hydrogen-bond acceptors (Lipinski definition) is 13. The molecule has 2 amide bonds. The number of rotatable bonds is 28. The maximum absolute atomic E-state index is 13.2. The number of carbonyl (C=O) groups excluding carboxylic acids is 2. The number of hydrogen-bond donors (Lipinski definition) is 9. The highest BCUT2D eigenvalue weighted by molar-refractivity contribution is 6.31. The summed E-state index contributed by atoms with van der Waals surface area (Å²) in [7, 11) is 0. The second-order valence-electron chi connectivity index (χ2n) is 15.4. The SMILES string of the molecule is CCCC(O)CCN(CCCCCN(CC)C(=O)CCc1ccc(-c2ccc(CCCCN=C(N)NC(=O)c3nc(Cl)c(N)nc3N)cc2)cc1)CC(O)C(O)C(O)CCO. The number of nitrogens with one attached hydrogen (secondary N) is 1. The number of aryl methyl sites for hydroxylation is 2. The number of aliphatic hydroxyl groups excluding tert-OH is 5. The summed E-state index contributed by atoms with van der Waals surface area (Å²) in [5.74, 6) is -0.851. The highest BCUT2D eigenvalue weighted by Crippen LogP contribution is 2.22. The molecule has 338 valence electrons. The van der Waals surface area contributed by atoms with Gasteiger partial charge in [0.25, 0.3) is 5.91 Å². The maximum atomic E-state index is 13.2. The first-order valence-electron chi connectivity index (χ1n) is 21.5. The van der Waals surface area contributed by atoms with Crippen LogP contribution in [0.5, 0.6) is 0 Å². The number of halogens is 1. The van der Waals surface area contributed by atoms with Crippen LogP contribution in [0.1, 0.15) is 99.7 Å². The van der Waals surface area contributed by atoms with E-state index in [2.05, 4.69) is 68.8 Å². The van der Waals surface area contributed by atoms with Crippen molar-refractivity contribution >= 4 is 41.0 Å². The molecule has 0 saturated carbocycles. The maximum Gasteiger partial charge on any atom is 0.280 e. The number of anilines is 2. The van der Waals surface area contributed by atoms with Crippen LogP contribution in [-0.2, 0) is 17.6 Å². The normalized spacial score (nSPS) is 13.8. The summed E-state index contributed by atoms with van der Waals surface area (Å²) in [6, 6.07) is 16.8. The Labute approximate surface area is 365 Å². The zero-order valence-corrected chi connectivity index (χ0v) is 36.5. The number of aliphatic hydroxyl groups is 5. The van der Waals surface area contributed by atoms with Gasteiger partial charge in [-0.25, -0.2) is 9.97 Å². The second-order valence-corrected chi connectivity index (χ2v) is 15.8. The number of nitrogen functional groups attached to an aromatic ring is 2. The average Bonchev–Trinajstić information content (AvgIpc) is 3.24. The van der Waals surface area contributed by atoms with E-state index in [9.17, 15) is 30.0 Å². The summed E-state index contributed by atoms with van der Waals surface area (Å²) in [4.78, 5) is 41.3. The van der Waals surface area contributed by atoms with E-state index in [0.717, 1.165) is 61.6 Å². The molecule has 3 aromatic rings. The van der Waals surface area contributed by atoms with E-state index < -0.39 is 30.3 Å². The first kappa shape index (κ1) is 50.9. The molecule has 0 aliphatic heterocycles. The minimum absolute atomic E-state index is 0.0198. The van der Waals surface area contributed by atoms with Crippen LogP contribution in [0.3, 0.4) is 0 Å². The molecule has 16 nitrogen and oxygen atoms in total. The van der Waals surface area contributed by atoms with Gasteiger partial charge in [-0.1, -0.05) is 79.9 Å². The molecule has 0 radical (unpaired) electrons. The van der Waals surface area contributed by atoms with Crippen molar-refractivity contribution in [3.8, 4) is 11.1 Å². The van der Waals surface area contributed by atoms with Crippen LogP contribution in [0.4, 0.5) is 11.6 Å². The summed E-state index contributed by atoms with van der Waals surface area (Å²) in [6.07, 6.45) is 3.99. The van der Waals surface area contributed by atoms with Gasteiger partial charge in [-0.15, -0.1) is 0 Å². The number of nitrogens with two attached hydrogens (primary N) is 3. The minimum atomic E-state index is -1.37. The Balaban J connectivity index is 1.37. The van der Waals surface area contributed by atoms with E-state index in [0.29, 0.717) is 58.4 Å². The van der Waals surface area contributed by atoms with Crippen LogP contribution in [-0.4, -0.2) is 133 Å². The predicted molar refractivity (Wildman–Crippen MR) is 241 cm³/mol. The number of amides is 2. The summed E-state index contributed by atoms with van der Waals surface area (Å²) in [5.41, 5.74) is 21.4. The molecule has 12 N–H and O–H groups in total. The monoisotopic (exact) mass is 869 g/mol. The van der Waals surface area contributed by atoms with Crippen LogP contribution >= 0.6 is 11.6 Å². The molecular weight excluding hydrogens is 802 g/mol. The first-order chi connectivity index (χ1) is 29.3. The van der Waals surface area contributed by atoms with Gasteiger partial charge in [-0.3, -0.25) is 19.9 Å². The van der Waals surface area contributed by atoms with Crippen LogP contribution in [0, 0.1) is 0 Å². The van der Waals surface area contributed by atoms with Crippen molar-refractivity contribution in [1.82, 2.24) is 25.1 Å². The number of benzene rings is 2. The lowest BCUT2D eigenvalue weighted by atomic mass is 9.99. The number of aromatic nitrogens is 2. The van der Waals surface area contributed by atoms with E-state index in [4.69, 9.17) is 33.9 Å². The minimum Gasteiger partial charge on any atom is -0.396 e. The van der Waals surface area contributed by atoms with Gasteiger partial charge >= 0.3 is 0 Å². The van der Waals surface area contributed by atoms with Gasteiger partial charge in [-0.2, -0.15) is 0 Å². The van der Waals surface area contributed by atoms with Gasteiger partial charge in [0.1, 0.15) is 6.10 Å². The van der Waals surface area contributed by atoms with Gasteiger partial charge in [0, 0.05) is 45.8 Å². The number of nitrogens with zero attached hydrogens (tertiary/aromatic N) is 5. The molecule has 3 rings (SSSR count). The highest BCUT2D eigenvalue weighted by atomic mass is 35.5. The van der Waals surface area contributed by atoms with Crippen molar-refractivity contribution in [2.45, 2.75) is 115 Å². The Kier molecular flexibility index (Phi) is 23.0. The van der Waals surface area contributed by atoms with Crippen molar-refractivity contribution in [3.05, 3.63) is 70.5 Å². The lowest BCUT2D eigenvalue weighted by Crippen LogP contribution is -2.45. The predicted octanol–water partition coefficient (Wildman–Crippen LogP) is 3.30. The van der Waals surface area contributed by atoms with Crippen molar-refractivity contribution in [3.63, 3.8) is 0 Å². The van der Waals surface area contributed by atoms with E-state index in [-0.39, 0.29) is 53.9 Å². The largest absolute Gasteiger partial charge is 0.396 e. The Morgan fingerprint density at radius 1 is 0.787 bits per heavy atom. The molecule has 4 atom stereocenters. The fourth-order valence-electron chi connectivity index (χ4n) is 6.91. The molecular formula is C44H68ClN9O7. The molecule has 17 heteroatoms. The smallest absolute Gasteiger partial charge is 0.280 e. The quantitative estimate of drug-likeness (QED) is 0.0288. The Hall–Kier alpha value is -4.42. The Morgan fingerprint density at radius 2 is 1.43 bits per heavy atom. The molecule has 0 spiro atoms. The fourth-order valence-corrected chi connectivity index (χ4v) is 7.04. The molecule has 0 fully saturated rings. The topological polar surface area (TPSA) is 270 Å². The molecule has 2 aromatic carbocycles. The van der Waals surface area contributed by atoms with E-state index in [1.165, 1.54) is 5.56 Å². The summed E-state index contributed by atoms with van der Waals surface area (Å²) >= 11 is 5.84. The highest BCUT2D eigenvalue weighted by Gasteiger charge is 2.26. The third-order valence-electron chi connectivity index (χ3n) is 10.6. The lowest BCUT2D eigenvalue weighted by Gasteiger charge is -2.30. The van der Waals surface area contributed by atoms with Crippen LogP contribution < -0.4 is 22.5 Å². The van der Waals surface area contributed by atoms with Crippen LogP contribution in [0.15, 0.2) is 53.5 Å². The number of carbonyl (C=O) groups is 2. The van der Waals surface area contributed by atoms with E-state index in [1.807, 2.05) is 23.6 Å². The molecule has 1 heterocycles. The first-order valence-corrected chi connectivity index (χ1v) is 21.8.